The standard InChI is InChI=1S/C26H28N2O4/c1-3-31-24(29)26(25(30)32-4-2)16-20(18-27-22-11-7-5-8-12-22)15-21(17-26)19-28-23-13-9-6-10-14-23/h5-15,18-19,27H,3-4,16-17H2,1-2H3/b20-18+,28-19+. The summed E-state index contributed by atoms with van der Waals surface area (Å²) in [6.45, 7) is 3.80. The Morgan fingerprint density at radius 1 is 0.938 bits per heavy atom. The molecule has 166 valence electrons. The zero-order valence-corrected chi connectivity index (χ0v) is 18.4. The van der Waals surface area contributed by atoms with E-state index in [1.54, 1.807) is 26.3 Å². The number of carbonyl (C=O) groups is 2. The third-order valence-electron chi connectivity index (χ3n) is 5.05. The first kappa shape index (κ1) is 23.0. The van der Waals surface area contributed by atoms with Gasteiger partial charge in [-0.25, -0.2) is 0 Å². The van der Waals surface area contributed by atoms with Crippen LogP contribution < -0.4 is 5.32 Å². The van der Waals surface area contributed by atoms with E-state index in [9.17, 15) is 9.59 Å². The molecular formula is C26H28N2O4. The predicted molar refractivity (Wildman–Crippen MR) is 126 cm³/mol. The predicted octanol–water partition coefficient (Wildman–Crippen LogP) is 5.22. The lowest BCUT2D eigenvalue weighted by atomic mass is 9.72. The van der Waals surface area contributed by atoms with Gasteiger partial charge in [0.25, 0.3) is 0 Å². The molecule has 0 radical (unpaired) electrons. The summed E-state index contributed by atoms with van der Waals surface area (Å²) >= 11 is 0. The van der Waals surface area contributed by atoms with Gasteiger partial charge in [-0.15, -0.1) is 0 Å². The third kappa shape index (κ3) is 5.72. The monoisotopic (exact) mass is 432 g/mol. The first-order valence-corrected chi connectivity index (χ1v) is 10.7. The molecule has 0 atom stereocenters. The van der Waals surface area contributed by atoms with E-state index in [0.717, 1.165) is 22.5 Å². The first-order chi connectivity index (χ1) is 15.6. The molecule has 0 saturated carbocycles. The highest BCUT2D eigenvalue weighted by atomic mass is 16.6. The zero-order valence-electron chi connectivity index (χ0n) is 18.4. The van der Waals surface area contributed by atoms with E-state index >= 15 is 0 Å². The van der Waals surface area contributed by atoms with Crippen LogP contribution in [0.2, 0.25) is 0 Å². The Labute approximate surface area is 188 Å². The number of anilines is 1. The molecule has 0 saturated heterocycles. The third-order valence-corrected chi connectivity index (χ3v) is 5.05. The molecule has 0 spiro atoms. The van der Waals surface area contributed by atoms with Crippen molar-refractivity contribution in [2.75, 3.05) is 18.5 Å². The second-order valence-electron chi connectivity index (χ2n) is 7.42. The Balaban J connectivity index is 1.99. The summed E-state index contributed by atoms with van der Waals surface area (Å²) in [7, 11) is 0. The van der Waals surface area contributed by atoms with Gasteiger partial charge in [-0.1, -0.05) is 42.5 Å². The second-order valence-corrected chi connectivity index (χ2v) is 7.42. The maximum Gasteiger partial charge on any atom is 0.324 e. The number of para-hydroxylation sites is 2. The molecule has 0 fully saturated rings. The van der Waals surface area contributed by atoms with Crippen molar-refractivity contribution in [3.8, 4) is 0 Å². The number of aliphatic imine (C=N–C) groups is 1. The molecule has 1 N–H and O–H groups in total. The van der Waals surface area contributed by atoms with Crippen LogP contribution in [0, 0.1) is 5.41 Å². The van der Waals surface area contributed by atoms with Gasteiger partial charge < -0.3 is 14.8 Å². The van der Waals surface area contributed by atoms with Crippen molar-refractivity contribution in [3.05, 3.63) is 84.1 Å². The molecule has 1 aliphatic carbocycles. The quantitative estimate of drug-likeness (QED) is 0.352. The van der Waals surface area contributed by atoms with Crippen molar-refractivity contribution < 1.29 is 19.1 Å². The highest BCUT2D eigenvalue weighted by Crippen LogP contribution is 2.41. The molecule has 0 amide bonds. The number of esters is 2. The van der Waals surface area contributed by atoms with E-state index in [2.05, 4.69) is 10.3 Å². The molecule has 0 unspecified atom stereocenters. The van der Waals surface area contributed by atoms with Gasteiger partial charge in [0, 0.05) is 30.9 Å². The molecule has 3 rings (SSSR count). The number of rotatable bonds is 8. The lowest BCUT2D eigenvalue weighted by molar-refractivity contribution is -0.172. The molecule has 0 aliphatic heterocycles. The molecule has 0 bridgehead atoms. The number of allylic oxidation sites excluding steroid dienone is 3. The first-order valence-electron chi connectivity index (χ1n) is 10.7. The second kappa shape index (κ2) is 11.1. The average molecular weight is 433 g/mol. The van der Waals surface area contributed by atoms with Crippen molar-refractivity contribution in [1.29, 1.82) is 0 Å². The number of hydrogen-bond donors (Lipinski definition) is 1. The molecular weight excluding hydrogens is 404 g/mol. The Bertz CT molecular complexity index is 993. The summed E-state index contributed by atoms with van der Waals surface area (Å²) in [6.07, 6.45) is 5.77. The molecule has 2 aromatic carbocycles. The zero-order chi connectivity index (χ0) is 22.8. The van der Waals surface area contributed by atoms with Crippen LogP contribution in [-0.4, -0.2) is 31.4 Å². The summed E-state index contributed by atoms with van der Waals surface area (Å²) < 4.78 is 10.6. The normalized spacial score (nSPS) is 16.4. The lowest BCUT2D eigenvalue weighted by Crippen LogP contribution is -2.44. The Morgan fingerprint density at radius 3 is 2.12 bits per heavy atom. The van der Waals surface area contributed by atoms with Gasteiger partial charge in [-0.05, 0) is 49.3 Å². The van der Waals surface area contributed by atoms with E-state index in [4.69, 9.17) is 9.47 Å². The van der Waals surface area contributed by atoms with Crippen molar-refractivity contribution in [3.63, 3.8) is 0 Å². The molecule has 6 nitrogen and oxygen atoms in total. The van der Waals surface area contributed by atoms with Gasteiger partial charge in [0.2, 0.25) is 0 Å². The van der Waals surface area contributed by atoms with Gasteiger partial charge >= 0.3 is 11.9 Å². The number of nitrogens with one attached hydrogen (secondary N) is 1. The maximum absolute atomic E-state index is 13.0. The summed E-state index contributed by atoms with van der Waals surface area (Å²) in [5.41, 5.74) is 1.74. The minimum absolute atomic E-state index is 0.156. The topological polar surface area (TPSA) is 77.0 Å². The fraction of sp³-hybridized carbons (Fsp3) is 0.269. The number of nitrogens with zero attached hydrogens (tertiary/aromatic N) is 1. The highest BCUT2D eigenvalue weighted by Gasteiger charge is 2.51. The van der Waals surface area contributed by atoms with Gasteiger partial charge in [0.1, 0.15) is 0 Å². The molecule has 0 aromatic heterocycles. The SMILES string of the molecule is CCOC(=O)C1(C(=O)OCC)CC(/C=N/c2ccccc2)=CC(=C\Nc2ccccc2)/C1. The van der Waals surface area contributed by atoms with Gasteiger partial charge in [0.05, 0.1) is 18.9 Å². The summed E-state index contributed by atoms with van der Waals surface area (Å²) in [5.74, 6) is -1.16. The van der Waals surface area contributed by atoms with Gasteiger partial charge in [-0.2, -0.15) is 0 Å². The van der Waals surface area contributed by atoms with Crippen LogP contribution in [0.1, 0.15) is 26.7 Å². The van der Waals surface area contributed by atoms with Crippen molar-refractivity contribution in [1.82, 2.24) is 0 Å². The largest absolute Gasteiger partial charge is 0.465 e. The number of ether oxygens (including phenoxy) is 2. The van der Waals surface area contributed by atoms with Crippen LogP contribution in [0.4, 0.5) is 11.4 Å². The summed E-state index contributed by atoms with van der Waals surface area (Å²) in [4.78, 5) is 30.6. The van der Waals surface area contributed by atoms with Crippen LogP contribution in [0.25, 0.3) is 0 Å². The lowest BCUT2D eigenvalue weighted by Gasteiger charge is -2.33. The van der Waals surface area contributed by atoms with Crippen LogP contribution in [0.3, 0.4) is 0 Å². The maximum atomic E-state index is 13.0. The molecule has 6 heteroatoms. The van der Waals surface area contributed by atoms with E-state index in [0.29, 0.717) is 0 Å². The highest BCUT2D eigenvalue weighted by molar-refractivity contribution is 6.02. The van der Waals surface area contributed by atoms with Crippen molar-refractivity contribution >= 4 is 29.5 Å². The van der Waals surface area contributed by atoms with E-state index in [1.165, 1.54) is 0 Å². The Kier molecular flexibility index (Phi) is 7.97. The summed E-state index contributed by atoms with van der Waals surface area (Å²) in [6, 6.07) is 19.2. The van der Waals surface area contributed by atoms with E-state index < -0.39 is 17.4 Å². The fourth-order valence-corrected chi connectivity index (χ4v) is 3.57. The number of benzene rings is 2. The Morgan fingerprint density at radius 2 is 1.53 bits per heavy atom. The molecule has 1 aliphatic rings. The van der Waals surface area contributed by atoms with Crippen LogP contribution in [0.5, 0.6) is 0 Å². The molecule has 2 aromatic rings. The van der Waals surface area contributed by atoms with Gasteiger partial charge in [-0.3, -0.25) is 14.6 Å². The average Bonchev–Trinajstić information content (AvgIpc) is 2.83. The van der Waals surface area contributed by atoms with Crippen LogP contribution in [0.15, 0.2) is 89.1 Å². The van der Waals surface area contributed by atoms with Gasteiger partial charge in [0.15, 0.2) is 5.41 Å². The molecule has 0 heterocycles. The Hall–Kier alpha value is -3.67. The van der Waals surface area contributed by atoms with Crippen LogP contribution >= 0.6 is 0 Å². The smallest absolute Gasteiger partial charge is 0.324 e. The van der Waals surface area contributed by atoms with Crippen molar-refractivity contribution in [2.45, 2.75) is 26.7 Å². The number of hydrogen-bond acceptors (Lipinski definition) is 6. The molecule has 32 heavy (non-hydrogen) atoms. The van der Waals surface area contributed by atoms with E-state index in [-0.39, 0.29) is 26.1 Å². The minimum Gasteiger partial charge on any atom is -0.465 e. The van der Waals surface area contributed by atoms with E-state index in [1.807, 2.05) is 66.7 Å². The fourth-order valence-electron chi connectivity index (χ4n) is 3.57. The minimum atomic E-state index is -1.46. The number of carbonyl (C=O) groups excluding carboxylic acids is 2. The van der Waals surface area contributed by atoms with Crippen LogP contribution in [-0.2, 0) is 19.1 Å². The van der Waals surface area contributed by atoms with Crippen molar-refractivity contribution in [2.24, 2.45) is 10.4 Å². The summed E-state index contributed by atoms with van der Waals surface area (Å²) in [5, 5.41) is 3.23.